The number of cyclic esters (lactones) is 4. The number of hydrogen-bond donors (Lipinski definition) is 0. The minimum Gasteiger partial charge on any atom is -0.392 e. The number of rotatable bonds is 0. The van der Waals surface area contributed by atoms with Gasteiger partial charge in [0.25, 0.3) is 0 Å². The van der Waals surface area contributed by atoms with Gasteiger partial charge in [-0.3, -0.25) is 19.2 Å². The summed E-state index contributed by atoms with van der Waals surface area (Å²) in [7, 11) is 0. The Bertz CT molecular complexity index is 822. The molecule has 0 spiro atoms. The van der Waals surface area contributed by atoms with Gasteiger partial charge in [-0.05, 0) is 39.5 Å². The molecule has 0 aromatic rings. The lowest BCUT2D eigenvalue weighted by molar-refractivity contribution is -0.161. The lowest BCUT2D eigenvalue weighted by Gasteiger charge is -2.34. The zero-order chi connectivity index (χ0) is 20.4. The van der Waals surface area contributed by atoms with E-state index >= 15 is 0 Å². The lowest BCUT2D eigenvalue weighted by atomic mass is 9.59. The van der Waals surface area contributed by atoms with Crippen LogP contribution in [0.25, 0.3) is 0 Å². The van der Waals surface area contributed by atoms with Crippen LogP contribution in [0.5, 0.6) is 0 Å². The number of carbonyl (C=O) groups excluding carboxylic acids is 4. The highest BCUT2D eigenvalue weighted by atomic mass is 32.2. The van der Waals surface area contributed by atoms with Crippen LogP contribution in [0.1, 0.15) is 39.5 Å². The van der Waals surface area contributed by atoms with E-state index in [4.69, 9.17) is 18.9 Å². The molecule has 29 heavy (non-hydrogen) atoms. The van der Waals surface area contributed by atoms with E-state index in [9.17, 15) is 19.2 Å². The van der Waals surface area contributed by atoms with Crippen molar-refractivity contribution in [2.75, 3.05) is 11.5 Å². The Morgan fingerprint density at radius 3 is 1.52 bits per heavy atom. The molecule has 0 aromatic carbocycles. The zero-order valence-electron chi connectivity index (χ0n) is 16.2. The fourth-order valence-electron chi connectivity index (χ4n) is 6.90. The van der Waals surface area contributed by atoms with E-state index < -0.39 is 33.6 Å². The SMILES string of the molecule is C[C@@]12C(=O)OC(=O)[C@]1(C)[C@H]1CC[C@@H]2O1.O=C1OC(=O)[C@@]23CSC[C@@]12[C@@H]1CC[C@H]3O1. The molecular weight excluding hydrogens is 400 g/mol. The van der Waals surface area contributed by atoms with Crippen LogP contribution in [0.4, 0.5) is 0 Å². The first-order valence-electron chi connectivity index (χ1n) is 10.1. The maximum Gasteiger partial charge on any atom is 0.324 e. The molecule has 156 valence electrons. The number of hydrogen-bond acceptors (Lipinski definition) is 9. The van der Waals surface area contributed by atoms with E-state index in [1.54, 1.807) is 25.6 Å². The Morgan fingerprint density at radius 2 is 1.03 bits per heavy atom. The molecule has 0 aromatic heterocycles. The van der Waals surface area contributed by atoms with Crippen molar-refractivity contribution in [2.45, 2.75) is 63.9 Å². The van der Waals surface area contributed by atoms with Gasteiger partial charge in [-0.25, -0.2) is 0 Å². The number of esters is 4. The summed E-state index contributed by atoms with van der Waals surface area (Å²) in [5.74, 6) is -0.0823. The van der Waals surface area contributed by atoms with E-state index in [1.165, 1.54) is 0 Å². The molecule has 7 heterocycles. The van der Waals surface area contributed by atoms with Crippen molar-refractivity contribution in [3.05, 3.63) is 0 Å². The highest BCUT2D eigenvalue weighted by molar-refractivity contribution is 7.99. The van der Waals surface area contributed by atoms with Crippen molar-refractivity contribution in [1.29, 1.82) is 0 Å². The fourth-order valence-corrected chi connectivity index (χ4v) is 8.77. The van der Waals surface area contributed by atoms with Crippen LogP contribution >= 0.6 is 11.8 Å². The third-order valence-corrected chi connectivity index (χ3v) is 10.2. The average molecular weight is 422 g/mol. The Kier molecular flexibility index (Phi) is 3.31. The van der Waals surface area contributed by atoms with E-state index in [1.807, 2.05) is 0 Å². The number of ether oxygens (including phenoxy) is 4. The van der Waals surface area contributed by atoms with Gasteiger partial charge in [-0.1, -0.05) is 0 Å². The zero-order valence-corrected chi connectivity index (χ0v) is 17.0. The van der Waals surface area contributed by atoms with Gasteiger partial charge in [0.2, 0.25) is 0 Å². The fraction of sp³-hybridized carbons (Fsp3) is 0.800. The molecule has 0 radical (unpaired) electrons. The van der Waals surface area contributed by atoms with Crippen molar-refractivity contribution in [2.24, 2.45) is 21.7 Å². The smallest absolute Gasteiger partial charge is 0.324 e. The van der Waals surface area contributed by atoms with Crippen LogP contribution in [-0.2, 0) is 38.1 Å². The second-order valence-corrected chi connectivity index (χ2v) is 10.6. The summed E-state index contributed by atoms with van der Waals surface area (Å²) in [6, 6.07) is 0. The Labute approximate surface area is 171 Å². The molecule has 0 saturated carbocycles. The largest absolute Gasteiger partial charge is 0.392 e. The first-order valence-corrected chi connectivity index (χ1v) is 11.3. The second kappa shape index (κ2) is 5.23. The maximum atomic E-state index is 11.9. The maximum absolute atomic E-state index is 11.9. The Hall–Kier alpha value is -1.45. The van der Waals surface area contributed by atoms with Crippen molar-refractivity contribution in [3.8, 4) is 0 Å². The van der Waals surface area contributed by atoms with Gasteiger partial charge in [0.1, 0.15) is 21.7 Å². The van der Waals surface area contributed by atoms with Gasteiger partial charge in [-0.2, -0.15) is 11.8 Å². The van der Waals surface area contributed by atoms with Gasteiger partial charge < -0.3 is 18.9 Å². The number of thioether (sulfide) groups is 1. The molecule has 0 unspecified atom stereocenters. The molecule has 7 rings (SSSR count). The second-order valence-electron chi connectivity index (χ2n) is 9.58. The minimum atomic E-state index is -0.743. The molecular formula is C20H22O8S. The molecule has 9 heteroatoms. The highest BCUT2D eigenvalue weighted by Crippen LogP contribution is 2.69. The number of carbonyl (C=O) groups is 4. The average Bonchev–Trinajstić information content (AvgIpc) is 3.49. The normalized spacial score (nSPS) is 55.4. The van der Waals surface area contributed by atoms with Crippen LogP contribution in [0.15, 0.2) is 0 Å². The van der Waals surface area contributed by atoms with Crippen molar-refractivity contribution < 1.29 is 38.1 Å². The summed E-state index contributed by atoms with van der Waals surface area (Å²) in [4.78, 5) is 47.2. The molecule has 8 nitrogen and oxygen atoms in total. The summed E-state index contributed by atoms with van der Waals surface area (Å²) < 4.78 is 21.1. The van der Waals surface area contributed by atoms with Crippen molar-refractivity contribution in [3.63, 3.8) is 0 Å². The predicted molar refractivity (Wildman–Crippen MR) is 96.4 cm³/mol. The van der Waals surface area contributed by atoms with Gasteiger partial charge in [0.05, 0.1) is 24.4 Å². The third kappa shape index (κ3) is 1.65. The summed E-state index contributed by atoms with van der Waals surface area (Å²) in [6.45, 7) is 3.59. The van der Waals surface area contributed by atoms with Gasteiger partial charge in [0.15, 0.2) is 0 Å². The molecule has 4 bridgehead atoms. The summed E-state index contributed by atoms with van der Waals surface area (Å²) in [5.41, 5.74) is -2.74. The first kappa shape index (κ1) is 18.3. The van der Waals surface area contributed by atoms with Crippen LogP contribution in [0, 0.1) is 21.7 Å². The van der Waals surface area contributed by atoms with E-state index in [2.05, 4.69) is 0 Å². The highest BCUT2D eigenvalue weighted by Gasteiger charge is 2.83. The monoisotopic (exact) mass is 422 g/mol. The van der Waals surface area contributed by atoms with Crippen LogP contribution in [0.3, 0.4) is 0 Å². The minimum absolute atomic E-state index is 0.0727. The molecule has 0 N–H and O–H groups in total. The van der Waals surface area contributed by atoms with E-state index in [0.29, 0.717) is 11.5 Å². The Morgan fingerprint density at radius 1 is 0.655 bits per heavy atom. The molecule has 8 atom stereocenters. The van der Waals surface area contributed by atoms with E-state index in [0.717, 1.165) is 25.7 Å². The van der Waals surface area contributed by atoms with Gasteiger partial charge >= 0.3 is 23.9 Å². The number of fused-ring (bicyclic) bond motifs is 7. The van der Waals surface area contributed by atoms with E-state index in [-0.39, 0.29) is 36.4 Å². The standard InChI is InChI=1S/C10H10O4S.C10H12O4/c11-7-9-3-15-4-10(9,8(12)14-7)6-2-1-5(9)13-6;1-9-5-3-4-6(13-5)10(9,2)8(12)14-7(9)11/h5-6H,1-4H2;5-6H,3-4H2,1-2H3/t2*5-,6+,9+,10-. The summed E-state index contributed by atoms with van der Waals surface area (Å²) in [5, 5.41) is 0. The summed E-state index contributed by atoms with van der Waals surface area (Å²) >= 11 is 1.69. The van der Waals surface area contributed by atoms with Crippen molar-refractivity contribution in [1.82, 2.24) is 0 Å². The van der Waals surface area contributed by atoms with Crippen molar-refractivity contribution >= 4 is 35.6 Å². The van der Waals surface area contributed by atoms with Crippen LogP contribution in [-0.4, -0.2) is 59.8 Å². The molecule has 7 aliphatic heterocycles. The predicted octanol–water partition coefficient (Wildman–Crippen LogP) is 0.994. The van der Waals surface area contributed by atoms with Gasteiger partial charge in [-0.15, -0.1) is 0 Å². The topological polar surface area (TPSA) is 105 Å². The molecule has 0 aliphatic carbocycles. The molecule has 7 saturated heterocycles. The lowest BCUT2D eigenvalue weighted by Crippen LogP contribution is -2.51. The van der Waals surface area contributed by atoms with Crippen LogP contribution in [0.2, 0.25) is 0 Å². The first-order chi connectivity index (χ1) is 13.7. The molecule has 0 amide bonds. The molecule has 7 fully saturated rings. The Balaban J connectivity index is 0.000000114. The quantitative estimate of drug-likeness (QED) is 0.417. The summed E-state index contributed by atoms with van der Waals surface area (Å²) in [6.07, 6.45) is 3.11. The molecule has 7 aliphatic rings. The van der Waals surface area contributed by atoms with Crippen LogP contribution < -0.4 is 0 Å². The third-order valence-electron chi connectivity index (χ3n) is 8.91. The van der Waals surface area contributed by atoms with Gasteiger partial charge in [0, 0.05) is 11.5 Å².